The van der Waals surface area contributed by atoms with E-state index in [2.05, 4.69) is 10.3 Å². The van der Waals surface area contributed by atoms with Crippen molar-refractivity contribution in [3.63, 3.8) is 0 Å². The lowest BCUT2D eigenvalue weighted by Gasteiger charge is -2.12. The topological polar surface area (TPSA) is 90.3 Å². The van der Waals surface area contributed by atoms with Crippen LogP contribution in [0.15, 0.2) is 59.8 Å². The third-order valence-corrected chi connectivity index (χ3v) is 7.44. The molecule has 180 valence electrons. The van der Waals surface area contributed by atoms with Crippen molar-refractivity contribution in [2.24, 2.45) is 0 Å². The van der Waals surface area contributed by atoms with Crippen molar-refractivity contribution in [3.05, 3.63) is 77.6 Å². The van der Waals surface area contributed by atoms with Crippen molar-refractivity contribution in [1.29, 1.82) is 0 Å². The van der Waals surface area contributed by atoms with Gasteiger partial charge in [0.1, 0.15) is 5.75 Å². The molecule has 1 aliphatic rings. The Morgan fingerprint density at radius 1 is 1.11 bits per heavy atom. The number of carbonyl (C=O) groups excluding carboxylic acids is 1. The van der Waals surface area contributed by atoms with Gasteiger partial charge in [-0.1, -0.05) is 17.7 Å². The largest absolute Gasteiger partial charge is 0.450 e. The standard InChI is InChI=1S/C25H21F2N3O4S/c1-14-3-7-18(8-4-14)35(32,33)30-13-19(16-5-6-16)23-22(9-10-28-25(23)30)34-24-20(26)11-17(12-21(24)27)29-15(2)31/h3-4,7-13,16H,5-6H2,1-2H3,(H,29,31). The number of amides is 1. The molecule has 7 nitrogen and oxygen atoms in total. The normalized spacial score (nSPS) is 13.7. The molecule has 0 saturated heterocycles. The van der Waals surface area contributed by atoms with Gasteiger partial charge in [0, 0.05) is 37.1 Å². The van der Waals surface area contributed by atoms with Crippen LogP contribution in [0.3, 0.4) is 0 Å². The number of pyridine rings is 1. The molecule has 2 aromatic carbocycles. The fraction of sp³-hybridized carbons (Fsp3) is 0.200. The number of carbonyl (C=O) groups is 1. The highest BCUT2D eigenvalue weighted by atomic mass is 32.2. The van der Waals surface area contributed by atoms with Gasteiger partial charge >= 0.3 is 0 Å². The molecule has 0 aliphatic heterocycles. The maximum Gasteiger partial charge on any atom is 0.269 e. The van der Waals surface area contributed by atoms with E-state index < -0.39 is 33.3 Å². The number of nitrogens with one attached hydrogen (secondary N) is 1. The molecule has 0 radical (unpaired) electrons. The highest BCUT2D eigenvalue weighted by molar-refractivity contribution is 7.90. The first-order valence-corrected chi connectivity index (χ1v) is 12.4. The Kier molecular flexibility index (Phi) is 5.55. The second-order valence-electron chi connectivity index (χ2n) is 8.53. The Balaban J connectivity index is 1.63. The van der Waals surface area contributed by atoms with Gasteiger partial charge in [0.15, 0.2) is 23.0 Å². The van der Waals surface area contributed by atoms with Crippen LogP contribution >= 0.6 is 0 Å². The number of hydrogen-bond acceptors (Lipinski definition) is 5. The lowest BCUT2D eigenvalue weighted by Crippen LogP contribution is -2.12. The van der Waals surface area contributed by atoms with Crippen LogP contribution in [0, 0.1) is 18.6 Å². The molecule has 1 saturated carbocycles. The Morgan fingerprint density at radius 2 is 1.77 bits per heavy atom. The van der Waals surface area contributed by atoms with Crippen molar-refractivity contribution < 1.29 is 26.7 Å². The highest BCUT2D eigenvalue weighted by Crippen LogP contribution is 2.47. The van der Waals surface area contributed by atoms with Crippen LogP contribution in [-0.2, 0) is 14.8 Å². The average molecular weight is 498 g/mol. The van der Waals surface area contributed by atoms with Gasteiger partial charge in [0.05, 0.1) is 10.3 Å². The van der Waals surface area contributed by atoms with E-state index in [1.165, 1.54) is 37.5 Å². The first kappa shape index (κ1) is 23.0. The zero-order valence-electron chi connectivity index (χ0n) is 18.9. The van der Waals surface area contributed by atoms with Gasteiger partial charge in [-0.25, -0.2) is 26.2 Å². The number of anilines is 1. The number of aromatic nitrogens is 2. The van der Waals surface area contributed by atoms with Crippen molar-refractivity contribution in [2.75, 3.05) is 5.32 Å². The van der Waals surface area contributed by atoms with Gasteiger partial charge < -0.3 is 10.1 Å². The number of halogens is 2. The van der Waals surface area contributed by atoms with Gasteiger partial charge in [-0.3, -0.25) is 4.79 Å². The minimum absolute atomic E-state index is 0.0475. The Hall–Kier alpha value is -3.79. The van der Waals surface area contributed by atoms with Crippen molar-refractivity contribution in [2.45, 2.75) is 37.5 Å². The summed E-state index contributed by atoms with van der Waals surface area (Å²) in [4.78, 5) is 15.6. The second kappa shape index (κ2) is 8.46. The molecular formula is C25H21F2N3O4S. The number of rotatable bonds is 6. The lowest BCUT2D eigenvalue weighted by atomic mass is 10.1. The monoisotopic (exact) mass is 497 g/mol. The molecule has 1 amide bonds. The van der Waals surface area contributed by atoms with Crippen LogP contribution in [0.4, 0.5) is 14.5 Å². The Bertz CT molecular complexity index is 1550. The van der Waals surface area contributed by atoms with Crippen LogP contribution < -0.4 is 10.1 Å². The third kappa shape index (κ3) is 4.25. The fourth-order valence-electron chi connectivity index (χ4n) is 3.96. The van der Waals surface area contributed by atoms with E-state index in [1.54, 1.807) is 12.1 Å². The molecule has 0 atom stereocenters. The summed E-state index contributed by atoms with van der Waals surface area (Å²) < 4.78 is 63.1. The molecule has 0 spiro atoms. The Labute approximate surface area is 200 Å². The van der Waals surface area contributed by atoms with Crippen LogP contribution in [0.2, 0.25) is 0 Å². The maximum atomic E-state index is 14.7. The quantitative estimate of drug-likeness (QED) is 0.381. The van der Waals surface area contributed by atoms with E-state index in [0.29, 0.717) is 10.9 Å². The average Bonchev–Trinajstić information content (AvgIpc) is 3.55. The summed E-state index contributed by atoms with van der Waals surface area (Å²) in [5.74, 6) is -2.99. The van der Waals surface area contributed by atoms with E-state index in [-0.39, 0.29) is 27.9 Å². The molecule has 4 aromatic rings. The smallest absolute Gasteiger partial charge is 0.269 e. The molecule has 0 bridgehead atoms. The zero-order valence-corrected chi connectivity index (χ0v) is 19.7. The summed E-state index contributed by atoms with van der Waals surface area (Å²) in [6.45, 7) is 3.08. The van der Waals surface area contributed by atoms with E-state index in [4.69, 9.17) is 4.74 Å². The minimum Gasteiger partial charge on any atom is -0.450 e. The highest BCUT2D eigenvalue weighted by Gasteiger charge is 2.32. The molecule has 1 fully saturated rings. The predicted octanol–water partition coefficient (Wildman–Crippen LogP) is 5.49. The van der Waals surface area contributed by atoms with Gasteiger partial charge in [0.2, 0.25) is 5.91 Å². The third-order valence-electron chi connectivity index (χ3n) is 5.77. The first-order valence-electron chi connectivity index (χ1n) is 10.9. The van der Waals surface area contributed by atoms with E-state index in [1.807, 2.05) is 6.92 Å². The maximum absolute atomic E-state index is 14.7. The van der Waals surface area contributed by atoms with Crippen molar-refractivity contribution in [3.8, 4) is 11.5 Å². The second-order valence-corrected chi connectivity index (χ2v) is 10.3. The summed E-state index contributed by atoms with van der Waals surface area (Å²) >= 11 is 0. The van der Waals surface area contributed by atoms with Gasteiger partial charge in [-0.2, -0.15) is 0 Å². The molecule has 1 N–H and O–H groups in total. The van der Waals surface area contributed by atoms with Gasteiger partial charge in [-0.15, -0.1) is 0 Å². The van der Waals surface area contributed by atoms with Gasteiger partial charge in [0.25, 0.3) is 10.0 Å². The summed E-state index contributed by atoms with van der Waals surface area (Å²) in [5, 5.41) is 2.71. The molecule has 35 heavy (non-hydrogen) atoms. The van der Waals surface area contributed by atoms with E-state index in [0.717, 1.165) is 34.5 Å². The number of hydrogen-bond donors (Lipinski definition) is 1. The molecular weight excluding hydrogens is 476 g/mol. The number of ether oxygens (including phenoxy) is 1. The summed E-state index contributed by atoms with van der Waals surface area (Å²) in [5.41, 5.74) is 1.67. The number of aryl methyl sites for hydroxylation is 1. The first-order chi connectivity index (χ1) is 16.6. The van der Waals surface area contributed by atoms with Crippen LogP contribution in [-0.4, -0.2) is 23.3 Å². The molecule has 5 rings (SSSR count). The van der Waals surface area contributed by atoms with Crippen LogP contribution in [0.5, 0.6) is 11.5 Å². The SMILES string of the molecule is CC(=O)Nc1cc(F)c(Oc2ccnc3c2c(C2CC2)cn3S(=O)(=O)c2ccc(C)cc2)c(F)c1. The zero-order chi connectivity index (χ0) is 24.9. The Morgan fingerprint density at radius 3 is 2.37 bits per heavy atom. The molecule has 1 aliphatic carbocycles. The minimum atomic E-state index is -3.98. The predicted molar refractivity (Wildman–Crippen MR) is 126 cm³/mol. The molecule has 2 heterocycles. The summed E-state index contributed by atoms with van der Waals surface area (Å²) in [6.07, 6.45) is 4.55. The number of nitrogens with zero attached hydrogens (tertiary/aromatic N) is 2. The fourth-order valence-corrected chi connectivity index (χ4v) is 5.29. The van der Waals surface area contributed by atoms with Crippen LogP contribution in [0.1, 0.15) is 36.8 Å². The molecule has 0 unspecified atom stereocenters. The van der Waals surface area contributed by atoms with Crippen LogP contribution in [0.25, 0.3) is 11.0 Å². The lowest BCUT2D eigenvalue weighted by molar-refractivity contribution is -0.114. The van der Waals surface area contributed by atoms with Gasteiger partial charge in [-0.05, 0) is 49.4 Å². The summed E-state index contributed by atoms with van der Waals surface area (Å²) in [7, 11) is -3.98. The molecule has 10 heteroatoms. The molecule has 2 aromatic heterocycles. The number of benzene rings is 2. The van der Waals surface area contributed by atoms with Crippen molar-refractivity contribution in [1.82, 2.24) is 8.96 Å². The van der Waals surface area contributed by atoms with E-state index >= 15 is 0 Å². The van der Waals surface area contributed by atoms with Crippen molar-refractivity contribution >= 4 is 32.7 Å². The summed E-state index contributed by atoms with van der Waals surface area (Å²) in [6, 6.07) is 9.80. The number of fused-ring (bicyclic) bond motifs is 1. The van der Waals surface area contributed by atoms with E-state index in [9.17, 15) is 22.0 Å².